The lowest BCUT2D eigenvalue weighted by Crippen LogP contribution is -2.15. The number of nitrogens with one attached hydrogen (secondary N) is 1. The topological polar surface area (TPSA) is 64.0 Å². The van der Waals surface area contributed by atoms with E-state index < -0.39 is 0 Å². The summed E-state index contributed by atoms with van der Waals surface area (Å²) in [5, 5.41) is 3.86. The maximum absolute atomic E-state index is 12.2. The zero-order chi connectivity index (χ0) is 19.5. The molecule has 0 fully saturated rings. The summed E-state index contributed by atoms with van der Waals surface area (Å²) in [5.41, 5.74) is 4.57. The van der Waals surface area contributed by atoms with Crippen LogP contribution in [0.5, 0.6) is 0 Å². The summed E-state index contributed by atoms with van der Waals surface area (Å²) >= 11 is 1.66. The highest BCUT2D eigenvalue weighted by atomic mass is 32.1. The zero-order valence-electron chi connectivity index (χ0n) is 15.4. The van der Waals surface area contributed by atoms with Crippen LogP contribution < -0.4 is 5.32 Å². The average Bonchev–Trinajstić information content (AvgIpc) is 3.33. The molecule has 0 atom stereocenters. The predicted molar refractivity (Wildman–Crippen MR) is 113 cm³/mol. The van der Waals surface area contributed by atoms with Gasteiger partial charge in [0.25, 0.3) is 0 Å². The number of anilines is 1. The van der Waals surface area contributed by atoms with Gasteiger partial charge >= 0.3 is 0 Å². The Balaban J connectivity index is 1.41. The Hall–Kier alpha value is -3.25. The summed E-state index contributed by atoms with van der Waals surface area (Å²) in [6, 6.07) is 17.5. The minimum Gasteiger partial charge on any atom is -0.345 e. The number of nitrogens with zero attached hydrogens (tertiary/aromatic N) is 2. The van der Waals surface area contributed by atoms with Gasteiger partial charge in [0.2, 0.25) is 5.91 Å². The van der Waals surface area contributed by atoms with Crippen LogP contribution in [-0.2, 0) is 11.3 Å². The highest BCUT2D eigenvalue weighted by Gasteiger charge is 2.08. The van der Waals surface area contributed by atoms with E-state index in [0.717, 1.165) is 28.1 Å². The first-order valence-corrected chi connectivity index (χ1v) is 9.82. The quantitative estimate of drug-likeness (QED) is 0.476. The van der Waals surface area contributed by atoms with Crippen molar-refractivity contribution in [1.82, 2.24) is 9.55 Å². The molecular weight excluding hydrogens is 370 g/mol. The molecule has 0 unspecified atom stereocenters. The van der Waals surface area contributed by atoms with Crippen LogP contribution in [0.3, 0.4) is 0 Å². The SMILES string of the molecule is Cc1ccc2nc(-c3ccc(NC(=O)CCn4cccc4C=O)cc3)sc2c1. The molecule has 1 amide bonds. The number of hydrogen-bond acceptors (Lipinski definition) is 4. The maximum atomic E-state index is 12.2. The molecular formula is C22H19N3O2S. The van der Waals surface area contributed by atoms with Crippen molar-refractivity contribution in [3.8, 4) is 10.6 Å². The summed E-state index contributed by atoms with van der Waals surface area (Å²) in [6.45, 7) is 2.54. The first-order valence-electron chi connectivity index (χ1n) is 9.00. The highest BCUT2D eigenvalue weighted by Crippen LogP contribution is 2.31. The van der Waals surface area contributed by atoms with Crippen LogP contribution >= 0.6 is 11.3 Å². The standard InChI is InChI=1S/C22H19N3O2S/c1-15-4-9-19-20(13-15)28-22(24-19)16-5-7-17(8-6-16)23-21(27)10-12-25-11-2-3-18(25)14-26/h2-9,11,13-14H,10,12H2,1H3,(H,23,27). The second-order valence-electron chi connectivity index (χ2n) is 6.61. The molecule has 2 aromatic carbocycles. The van der Waals surface area contributed by atoms with Crippen molar-refractivity contribution in [2.45, 2.75) is 19.9 Å². The third-order valence-corrected chi connectivity index (χ3v) is 5.59. The lowest BCUT2D eigenvalue weighted by molar-refractivity contribution is -0.116. The van der Waals surface area contributed by atoms with Gasteiger partial charge in [-0.3, -0.25) is 9.59 Å². The van der Waals surface area contributed by atoms with Crippen LogP contribution in [0.25, 0.3) is 20.8 Å². The zero-order valence-corrected chi connectivity index (χ0v) is 16.2. The Labute approximate surface area is 166 Å². The summed E-state index contributed by atoms with van der Waals surface area (Å²) in [4.78, 5) is 27.8. The number of hydrogen-bond donors (Lipinski definition) is 1. The molecule has 2 aromatic heterocycles. The van der Waals surface area contributed by atoms with Gasteiger partial charge in [-0.1, -0.05) is 6.07 Å². The normalized spacial score (nSPS) is 10.9. The van der Waals surface area contributed by atoms with Crippen LogP contribution in [0, 0.1) is 6.92 Å². The third-order valence-electron chi connectivity index (χ3n) is 4.52. The molecule has 4 rings (SSSR count). The molecule has 0 saturated heterocycles. The average molecular weight is 389 g/mol. The number of fused-ring (bicyclic) bond motifs is 1. The number of rotatable bonds is 6. The highest BCUT2D eigenvalue weighted by molar-refractivity contribution is 7.21. The van der Waals surface area contributed by atoms with Crippen LogP contribution in [0.1, 0.15) is 22.5 Å². The van der Waals surface area contributed by atoms with E-state index in [9.17, 15) is 9.59 Å². The van der Waals surface area contributed by atoms with Crippen LogP contribution in [0.4, 0.5) is 5.69 Å². The van der Waals surface area contributed by atoms with Gasteiger partial charge in [0.1, 0.15) is 5.01 Å². The monoisotopic (exact) mass is 389 g/mol. The maximum Gasteiger partial charge on any atom is 0.226 e. The van der Waals surface area contributed by atoms with E-state index in [1.54, 1.807) is 34.2 Å². The number of aldehydes is 1. The van der Waals surface area contributed by atoms with Crippen molar-refractivity contribution in [3.63, 3.8) is 0 Å². The molecule has 0 saturated carbocycles. The lowest BCUT2D eigenvalue weighted by Gasteiger charge is -2.07. The van der Waals surface area contributed by atoms with Gasteiger partial charge in [0, 0.05) is 30.4 Å². The van der Waals surface area contributed by atoms with Gasteiger partial charge in [-0.25, -0.2) is 4.98 Å². The van der Waals surface area contributed by atoms with Gasteiger partial charge in [-0.05, 0) is 61.0 Å². The first-order chi connectivity index (χ1) is 13.6. The predicted octanol–water partition coefficient (Wildman–Crippen LogP) is 4.91. The van der Waals surface area contributed by atoms with Gasteiger partial charge in [-0.2, -0.15) is 0 Å². The van der Waals surface area contributed by atoms with Crippen molar-refractivity contribution in [3.05, 3.63) is 72.1 Å². The van der Waals surface area contributed by atoms with E-state index >= 15 is 0 Å². The second kappa shape index (κ2) is 7.78. The van der Waals surface area contributed by atoms with Crippen molar-refractivity contribution in [2.24, 2.45) is 0 Å². The minimum atomic E-state index is -0.0891. The van der Waals surface area contributed by atoms with Crippen LogP contribution in [0.2, 0.25) is 0 Å². The molecule has 5 nitrogen and oxygen atoms in total. The molecule has 0 spiro atoms. The van der Waals surface area contributed by atoms with E-state index in [0.29, 0.717) is 18.7 Å². The molecule has 1 N–H and O–H groups in total. The first kappa shape index (κ1) is 18.1. The summed E-state index contributed by atoms with van der Waals surface area (Å²) in [6.07, 6.45) is 2.89. The van der Waals surface area contributed by atoms with Gasteiger partial charge in [-0.15, -0.1) is 11.3 Å². The van der Waals surface area contributed by atoms with Crippen molar-refractivity contribution < 1.29 is 9.59 Å². The summed E-state index contributed by atoms with van der Waals surface area (Å²) in [5.74, 6) is -0.0891. The van der Waals surface area contributed by atoms with E-state index in [-0.39, 0.29) is 5.91 Å². The summed E-state index contributed by atoms with van der Waals surface area (Å²) < 4.78 is 2.94. The van der Waals surface area contributed by atoms with Crippen molar-refractivity contribution in [2.75, 3.05) is 5.32 Å². The molecule has 0 aliphatic rings. The molecule has 0 aliphatic carbocycles. The molecule has 28 heavy (non-hydrogen) atoms. The van der Waals surface area contributed by atoms with Crippen LogP contribution in [0.15, 0.2) is 60.8 Å². The lowest BCUT2D eigenvalue weighted by atomic mass is 10.2. The van der Waals surface area contributed by atoms with E-state index in [2.05, 4.69) is 29.4 Å². The Bertz CT molecular complexity index is 1140. The van der Waals surface area contributed by atoms with Gasteiger partial charge in [0.15, 0.2) is 6.29 Å². The van der Waals surface area contributed by atoms with E-state index in [1.807, 2.05) is 30.3 Å². The molecule has 140 valence electrons. The Kier molecular flexibility index (Phi) is 5.04. The number of aromatic nitrogens is 2. The fourth-order valence-electron chi connectivity index (χ4n) is 3.03. The molecule has 4 aromatic rings. The number of thiazole rings is 1. The molecule has 0 bridgehead atoms. The second-order valence-corrected chi connectivity index (χ2v) is 7.64. The third kappa shape index (κ3) is 3.87. The summed E-state index contributed by atoms with van der Waals surface area (Å²) in [7, 11) is 0. The minimum absolute atomic E-state index is 0.0891. The van der Waals surface area contributed by atoms with Gasteiger partial charge < -0.3 is 9.88 Å². The van der Waals surface area contributed by atoms with E-state index in [1.165, 1.54) is 10.3 Å². The number of carbonyl (C=O) groups is 2. The van der Waals surface area contributed by atoms with Crippen LogP contribution in [-0.4, -0.2) is 21.7 Å². The fourth-order valence-corrected chi connectivity index (χ4v) is 4.10. The number of amides is 1. The Morgan fingerprint density at radius 2 is 2.00 bits per heavy atom. The van der Waals surface area contributed by atoms with E-state index in [4.69, 9.17) is 0 Å². The molecule has 6 heteroatoms. The number of benzene rings is 2. The van der Waals surface area contributed by atoms with Crippen molar-refractivity contribution in [1.29, 1.82) is 0 Å². The Morgan fingerprint density at radius 3 is 2.79 bits per heavy atom. The number of carbonyl (C=O) groups excluding carboxylic acids is 2. The smallest absolute Gasteiger partial charge is 0.226 e. The molecule has 0 radical (unpaired) electrons. The molecule has 2 heterocycles. The fraction of sp³-hybridized carbons (Fsp3) is 0.136. The van der Waals surface area contributed by atoms with Crippen molar-refractivity contribution >= 4 is 39.4 Å². The largest absolute Gasteiger partial charge is 0.345 e. The van der Waals surface area contributed by atoms with Gasteiger partial charge in [0.05, 0.1) is 15.9 Å². The molecule has 0 aliphatic heterocycles. The Morgan fingerprint density at radius 1 is 1.18 bits per heavy atom. The number of aryl methyl sites for hydroxylation is 2.